The van der Waals surface area contributed by atoms with Crippen molar-refractivity contribution < 1.29 is 24.2 Å². The number of allylic oxidation sites excluding steroid dienone is 2. The standard InChI is InChI=1S/C20H21NO5/c1-2-26-20(25)10-3-5-11(6-4-10)21-18(22)16-12-7-8-13(15-9-14(12)15)17(16)19(23)24/h3-8,12-17H,2,9H2,1H3,(H,21,22)(H,23,24)/t12-,13-,14+,15-,16+,17+/m0/s1. The van der Waals surface area contributed by atoms with Gasteiger partial charge in [-0.25, -0.2) is 4.79 Å². The van der Waals surface area contributed by atoms with E-state index in [0.29, 0.717) is 29.7 Å². The molecule has 2 saturated carbocycles. The van der Waals surface area contributed by atoms with Crippen molar-refractivity contribution in [2.24, 2.45) is 35.5 Å². The van der Waals surface area contributed by atoms with Gasteiger partial charge in [0.25, 0.3) is 0 Å². The number of anilines is 1. The van der Waals surface area contributed by atoms with E-state index in [0.717, 1.165) is 6.42 Å². The van der Waals surface area contributed by atoms with E-state index in [2.05, 4.69) is 5.32 Å². The summed E-state index contributed by atoms with van der Waals surface area (Å²) in [6.07, 6.45) is 5.05. The predicted octanol–water partition coefficient (Wildman–Crippen LogP) is 2.57. The second-order valence-electron chi connectivity index (χ2n) is 7.28. The molecule has 0 aromatic heterocycles. The Bertz CT molecular complexity index is 784. The topological polar surface area (TPSA) is 92.7 Å². The summed E-state index contributed by atoms with van der Waals surface area (Å²) in [7, 11) is 0. The fourth-order valence-electron chi connectivity index (χ4n) is 4.70. The van der Waals surface area contributed by atoms with Gasteiger partial charge in [-0.15, -0.1) is 0 Å². The number of hydrogen-bond acceptors (Lipinski definition) is 4. The first kappa shape index (κ1) is 16.8. The van der Waals surface area contributed by atoms with E-state index >= 15 is 0 Å². The highest BCUT2D eigenvalue weighted by molar-refractivity contribution is 5.97. The molecule has 26 heavy (non-hydrogen) atoms. The molecule has 1 amide bonds. The molecule has 1 aromatic carbocycles. The molecule has 6 atom stereocenters. The van der Waals surface area contributed by atoms with Crippen molar-refractivity contribution in [2.45, 2.75) is 13.3 Å². The normalized spacial score (nSPS) is 33.3. The molecule has 0 heterocycles. The molecule has 0 spiro atoms. The number of carbonyl (C=O) groups excluding carboxylic acids is 2. The average Bonchev–Trinajstić information content (AvgIpc) is 3.44. The maximum Gasteiger partial charge on any atom is 0.338 e. The minimum absolute atomic E-state index is 0.00454. The third-order valence-corrected chi connectivity index (χ3v) is 5.90. The van der Waals surface area contributed by atoms with Gasteiger partial charge in [0, 0.05) is 5.69 Å². The van der Waals surface area contributed by atoms with Crippen molar-refractivity contribution in [3.05, 3.63) is 42.0 Å². The van der Waals surface area contributed by atoms with Gasteiger partial charge in [0.05, 0.1) is 24.0 Å². The van der Waals surface area contributed by atoms with Crippen molar-refractivity contribution >= 4 is 23.5 Å². The van der Waals surface area contributed by atoms with Crippen LogP contribution in [0.3, 0.4) is 0 Å². The molecule has 4 aliphatic carbocycles. The molecular formula is C20H21NO5. The zero-order valence-corrected chi connectivity index (χ0v) is 14.4. The van der Waals surface area contributed by atoms with Crippen LogP contribution in [0.4, 0.5) is 5.69 Å². The number of fused-ring (bicyclic) bond motifs is 1. The number of nitrogens with one attached hydrogen (secondary N) is 1. The lowest BCUT2D eigenvalue weighted by Crippen LogP contribution is -2.48. The summed E-state index contributed by atoms with van der Waals surface area (Å²) in [5.74, 6) is -1.93. The first-order chi connectivity index (χ1) is 12.5. The number of ether oxygens (including phenoxy) is 1. The minimum atomic E-state index is -0.896. The molecule has 2 N–H and O–H groups in total. The van der Waals surface area contributed by atoms with Gasteiger partial charge in [-0.3, -0.25) is 9.59 Å². The highest BCUT2D eigenvalue weighted by Crippen LogP contribution is 2.63. The van der Waals surface area contributed by atoms with Crippen molar-refractivity contribution in [1.82, 2.24) is 0 Å². The number of amides is 1. The number of hydrogen-bond donors (Lipinski definition) is 2. The maximum absolute atomic E-state index is 12.9. The number of aliphatic carboxylic acids is 1. The molecule has 0 aliphatic heterocycles. The van der Waals surface area contributed by atoms with Crippen molar-refractivity contribution in [3.8, 4) is 0 Å². The van der Waals surface area contributed by atoms with Crippen LogP contribution in [0.5, 0.6) is 0 Å². The van der Waals surface area contributed by atoms with Crippen LogP contribution in [0.15, 0.2) is 36.4 Å². The Morgan fingerprint density at radius 3 is 2.27 bits per heavy atom. The summed E-state index contributed by atoms with van der Waals surface area (Å²) in [5.41, 5.74) is 0.957. The zero-order valence-electron chi connectivity index (χ0n) is 14.4. The molecule has 6 nitrogen and oxygen atoms in total. The van der Waals surface area contributed by atoms with Crippen LogP contribution >= 0.6 is 0 Å². The third kappa shape index (κ3) is 2.69. The smallest absolute Gasteiger partial charge is 0.338 e. The highest BCUT2D eigenvalue weighted by Gasteiger charge is 2.62. The van der Waals surface area contributed by atoms with Gasteiger partial charge >= 0.3 is 11.9 Å². The molecule has 5 rings (SSSR count). The minimum Gasteiger partial charge on any atom is -0.481 e. The van der Waals surface area contributed by atoms with Crippen molar-refractivity contribution in [1.29, 1.82) is 0 Å². The summed E-state index contributed by atoms with van der Waals surface area (Å²) in [4.78, 5) is 36.3. The molecular weight excluding hydrogens is 334 g/mol. The van der Waals surface area contributed by atoms with E-state index in [4.69, 9.17) is 4.74 Å². The quantitative estimate of drug-likeness (QED) is 0.625. The van der Waals surface area contributed by atoms with Crippen LogP contribution in [0.2, 0.25) is 0 Å². The van der Waals surface area contributed by atoms with Crippen LogP contribution in [-0.2, 0) is 14.3 Å². The Kier molecular flexibility index (Phi) is 4.05. The average molecular weight is 355 g/mol. The van der Waals surface area contributed by atoms with Crippen LogP contribution in [0, 0.1) is 35.5 Å². The largest absolute Gasteiger partial charge is 0.481 e. The van der Waals surface area contributed by atoms with E-state index in [-0.39, 0.29) is 17.7 Å². The van der Waals surface area contributed by atoms with Gasteiger partial charge in [-0.2, -0.15) is 0 Å². The SMILES string of the molecule is CCOC(=O)c1ccc(NC(=O)[C@@H]2[C@H]3C=C[C@@H]([C@@H]4C[C@H]34)[C@H]2C(=O)O)cc1. The van der Waals surface area contributed by atoms with Crippen LogP contribution in [0.25, 0.3) is 0 Å². The molecule has 6 heteroatoms. The zero-order chi connectivity index (χ0) is 18.4. The van der Waals surface area contributed by atoms with E-state index in [1.807, 2.05) is 12.2 Å². The molecule has 1 aromatic rings. The lowest BCUT2D eigenvalue weighted by atomic mass is 9.62. The van der Waals surface area contributed by atoms with E-state index < -0.39 is 23.8 Å². The molecule has 0 unspecified atom stereocenters. The first-order valence-corrected chi connectivity index (χ1v) is 9.00. The number of rotatable bonds is 5. The highest BCUT2D eigenvalue weighted by atomic mass is 16.5. The van der Waals surface area contributed by atoms with E-state index in [1.54, 1.807) is 31.2 Å². The van der Waals surface area contributed by atoms with Crippen molar-refractivity contribution in [2.75, 3.05) is 11.9 Å². The lowest BCUT2D eigenvalue weighted by Gasteiger charge is -2.41. The molecule has 2 fully saturated rings. The third-order valence-electron chi connectivity index (χ3n) is 5.90. The number of esters is 1. The van der Waals surface area contributed by atoms with Gasteiger partial charge < -0.3 is 15.2 Å². The lowest BCUT2D eigenvalue weighted by molar-refractivity contribution is -0.152. The fraction of sp³-hybridized carbons (Fsp3) is 0.450. The maximum atomic E-state index is 12.9. The van der Waals surface area contributed by atoms with Gasteiger partial charge in [0.1, 0.15) is 0 Å². The number of carbonyl (C=O) groups is 3. The summed E-state index contributed by atoms with van der Waals surface area (Å²) in [6.45, 7) is 2.04. The summed E-state index contributed by atoms with van der Waals surface area (Å²) in [5, 5.41) is 12.5. The monoisotopic (exact) mass is 355 g/mol. The number of carboxylic acid groups (broad SMARTS) is 1. The second kappa shape index (κ2) is 6.27. The first-order valence-electron chi connectivity index (χ1n) is 9.00. The second-order valence-corrected chi connectivity index (χ2v) is 7.28. The Morgan fingerprint density at radius 1 is 1.08 bits per heavy atom. The Hall–Kier alpha value is -2.63. The van der Waals surface area contributed by atoms with Gasteiger partial charge in [-0.05, 0) is 61.3 Å². The Labute approximate surface area is 151 Å². The summed E-state index contributed by atoms with van der Waals surface area (Å²) < 4.78 is 4.94. The molecule has 2 bridgehead atoms. The number of carboxylic acids is 1. The molecule has 4 aliphatic rings. The van der Waals surface area contributed by atoms with Crippen LogP contribution < -0.4 is 5.32 Å². The van der Waals surface area contributed by atoms with Crippen LogP contribution in [-0.4, -0.2) is 29.6 Å². The van der Waals surface area contributed by atoms with E-state index in [9.17, 15) is 19.5 Å². The van der Waals surface area contributed by atoms with Gasteiger partial charge in [0.2, 0.25) is 5.91 Å². The molecule has 0 saturated heterocycles. The van der Waals surface area contributed by atoms with Gasteiger partial charge in [0.15, 0.2) is 0 Å². The van der Waals surface area contributed by atoms with E-state index in [1.165, 1.54) is 0 Å². The Balaban J connectivity index is 1.50. The Morgan fingerprint density at radius 2 is 1.69 bits per heavy atom. The number of benzene rings is 1. The summed E-state index contributed by atoms with van der Waals surface area (Å²) >= 11 is 0. The molecule has 0 radical (unpaired) electrons. The van der Waals surface area contributed by atoms with Gasteiger partial charge in [-0.1, -0.05) is 12.2 Å². The predicted molar refractivity (Wildman–Crippen MR) is 93.4 cm³/mol. The van der Waals surface area contributed by atoms with Crippen molar-refractivity contribution in [3.63, 3.8) is 0 Å². The molecule has 136 valence electrons. The van der Waals surface area contributed by atoms with Crippen LogP contribution in [0.1, 0.15) is 23.7 Å². The summed E-state index contributed by atoms with van der Waals surface area (Å²) in [6, 6.07) is 6.45. The fourth-order valence-corrected chi connectivity index (χ4v) is 4.70.